The largest absolute Gasteiger partial charge is 0.347 e. The monoisotopic (exact) mass is 243 g/mol. The summed E-state index contributed by atoms with van der Waals surface area (Å²) in [5.74, 6) is 0. The minimum absolute atomic E-state index is 0.654. The van der Waals surface area contributed by atoms with Crippen LogP contribution in [-0.2, 0) is 0 Å². The second-order valence-corrected chi connectivity index (χ2v) is 5.80. The second-order valence-electron chi connectivity index (χ2n) is 4.15. The van der Waals surface area contributed by atoms with E-state index < -0.39 is 0 Å². The molecule has 1 saturated carbocycles. The number of aromatic amines is 1. The molecule has 1 aromatic rings. The summed E-state index contributed by atoms with van der Waals surface area (Å²) in [6, 6.07) is 0.654. The van der Waals surface area contributed by atoms with Gasteiger partial charge in [0.15, 0.2) is 3.95 Å². The van der Waals surface area contributed by atoms with E-state index in [1.165, 1.54) is 38.5 Å². The second kappa shape index (κ2) is 5.07. The molecule has 0 atom stereocenters. The molecule has 1 heterocycles. The van der Waals surface area contributed by atoms with Gasteiger partial charge in [-0.3, -0.25) is 5.10 Å². The first-order valence-corrected chi connectivity index (χ1v) is 6.78. The van der Waals surface area contributed by atoms with Crippen LogP contribution in [0.15, 0.2) is 0 Å². The lowest BCUT2D eigenvalue weighted by molar-refractivity contribution is 0.551. The molecule has 0 spiro atoms. The van der Waals surface area contributed by atoms with Crippen LogP contribution < -0.4 is 4.90 Å². The molecule has 5 heteroatoms. The van der Waals surface area contributed by atoms with E-state index in [2.05, 4.69) is 22.1 Å². The van der Waals surface area contributed by atoms with Crippen LogP contribution in [0.1, 0.15) is 38.5 Å². The molecule has 2 rings (SSSR count). The average molecular weight is 243 g/mol. The molecule has 0 amide bonds. The fraction of sp³-hybridized carbons (Fsp3) is 0.800. The van der Waals surface area contributed by atoms with E-state index in [4.69, 9.17) is 12.2 Å². The van der Waals surface area contributed by atoms with E-state index >= 15 is 0 Å². The van der Waals surface area contributed by atoms with Crippen molar-refractivity contribution in [3.05, 3.63) is 3.95 Å². The van der Waals surface area contributed by atoms with Gasteiger partial charge in [0.25, 0.3) is 0 Å². The lowest BCUT2D eigenvalue weighted by Gasteiger charge is -2.26. The molecule has 15 heavy (non-hydrogen) atoms. The Morgan fingerprint density at radius 2 is 2.00 bits per heavy atom. The fourth-order valence-corrected chi connectivity index (χ4v) is 3.08. The summed E-state index contributed by atoms with van der Waals surface area (Å²) in [6.07, 6.45) is 8.07. The molecule has 1 aliphatic rings. The predicted octanol–water partition coefficient (Wildman–Crippen LogP) is 3.36. The van der Waals surface area contributed by atoms with Crippen molar-refractivity contribution in [3.8, 4) is 0 Å². The first-order chi connectivity index (χ1) is 7.27. The fourth-order valence-electron chi connectivity index (χ4n) is 2.17. The summed E-state index contributed by atoms with van der Waals surface area (Å²) >= 11 is 6.62. The molecular weight excluding hydrogens is 226 g/mol. The number of hydrogen-bond donors (Lipinski definition) is 1. The number of anilines is 1. The number of H-pyrrole nitrogens is 1. The van der Waals surface area contributed by atoms with Crippen molar-refractivity contribution in [2.24, 2.45) is 0 Å². The molecule has 0 unspecified atom stereocenters. The molecule has 1 fully saturated rings. The molecule has 0 aliphatic heterocycles. The van der Waals surface area contributed by atoms with E-state index in [1.807, 2.05) is 0 Å². The third-order valence-corrected chi connectivity index (χ3v) is 4.28. The van der Waals surface area contributed by atoms with Gasteiger partial charge in [-0.15, -0.1) is 5.10 Å². The zero-order valence-corrected chi connectivity index (χ0v) is 10.7. The number of rotatable bonds is 2. The van der Waals surface area contributed by atoms with Crippen molar-refractivity contribution in [2.75, 3.05) is 11.9 Å². The van der Waals surface area contributed by atoms with E-state index in [0.717, 1.165) is 9.09 Å². The van der Waals surface area contributed by atoms with E-state index in [0.29, 0.717) is 6.04 Å². The number of nitrogens with one attached hydrogen (secondary N) is 1. The molecular formula is C10H17N3S2. The predicted molar refractivity (Wildman–Crippen MR) is 67.2 cm³/mol. The molecule has 3 nitrogen and oxygen atoms in total. The quantitative estimate of drug-likeness (QED) is 0.638. The van der Waals surface area contributed by atoms with Crippen LogP contribution in [0.3, 0.4) is 0 Å². The number of hydrogen-bond acceptors (Lipinski definition) is 4. The summed E-state index contributed by atoms with van der Waals surface area (Å²) < 4.78 is 0.769. The highest BCUT2D eigenvalue weighted by Gasteiger charge is 2.18. The molecule has 0 radical (unpaired) electrons. The van der Waals surface area contributed by atoms with Crippen LogP contribution in [-0.4, -0.2) is 23.3 Å². The Kier molecular flexibility index (Phi) is 3.75. The summed E-state index contributed by atoms with van der Waals surface area (Å²) in [7, 11) is 2.14. The van der Waals surface area contributed by atoms with Crippen LogP contribution >= 0.6 is 23.6 Å². The van der Waals surface area contributed by atoms with Gasteiger partial charge in [0.1, 0.15) is 0 Å². The average Bonchev–Trinajstić information content (AvgIpc) is 2.53. The zero-order valence-electron chi connectivity index (χ0n) is 9.03. The van der Waals surface area contributed by atoms with Gasteiger partial charge >= 0.3 is 0 Å². The van der Waals surface area contributed by atoms with Gasteiger partial charge in [0.05, 0.1) is 0 Å². The summed E-state index contributed by atoms with van der Waals surface area (Å²) in [6.45, 7) is 0. The standard InChI is InChI=1S/C10H17N3S2/c1-13(9-11-12-10(14)15-9)8-6-4-2-3-5-7-8/h8H,2-7H2,1H3,(H,12,14). The van der Waals surface area contributed by atoms with E-state index in [9.17, 15) is 0 Å². The van der Waals surface area contributed by atoms with Gasteiger partial charge in [-0.2, -0.15) is 0 Å². The van der Waals surface area contributed by atoms with Gasteiger partial charge in [-0.05, 0) is 25.1 Å². The lowest BCUT2D eigenvalue weighted by atomic mass is 10.1. The maximum absolute atomic E-state index is 5.05. The summed E-state index contributed by atoms with van der Waals surface area (Å²) in [5.41, 5.74) is 0. The van der Waals surface area contributed by atoms with Gasteiger partial charge in [-0.1, -0.05) is 37.0 Å². The SMILES string of the molecule is CN(c1n[nH]c(=S)s1)C1CCCCCC1. The Bertz CT molecular complexity index is 350. The summed E-state index contributed by atoms with van der Waals surface area (Å²) in [4.78, 5) is 2.29. The van der Waals surface area contributed by atoms with Crippen molar-refractivity contribution in [2.45, 2.75) is 44.6 Å². The highest BCUT2D eigenvalue weighted by molar-refractivity contribution is 7.73. The Morgan fingerprint density at radius 3 is 2.53 bits per heavy atom. The number of aromatic nitrogens is 2. The molecule has 1 aliphatic carbocycles. The van der Waals surface area contributed by atoms with Crippen molar-refractivity contribution in [3.63, 3.8) is 0 Å². The van der Waals surface area contributed by atoms with Crippen LogP contribution in [0.25, 0.3) is 0 Å². The Morgan fingerprint density at radius 1 is 1.33 bits per heavy atom. The van der Waals surface area contributed by atoms with E-state index in [1.54, 1.807) is 11.3 Å². The highest BCUT2D eigenvalue weighted by Crippen LogP contribution is 2.26. The molecule has 0 bridgehead atoms. The smallest absolute Gasteiger partial charge is 0.206 e. The van der Waals surface area contributed by atoms with Gasteiger partial charge < -0.3 is 4.90 Å². The Hall–Kier alpha value is -0.420. The maximum atomic E-state index is 5.05. The number of nitrogens with zero attached hydrogens (tertiary/aromatic N) is 2. The van der Waals surface area contributed by atoms with E-state index in [-0.39, 0.29) is 0 Å². The van der Waals surface area contributed by atoms with Crippen LogP contribution in [0.4, 0.5) is 5.13 Å². The topological polar surface area (TPSA) is 31.9 Å². The molecule has 84 valence electrons. The molecule has 1 aromatic heterocycles. The maximum Gasteiger partial charge on any atom is 0.206 e. The van der Waals surface area contributed by atoms with Crippen molar-refractivity contribution in [1.29, 1.82) is 0 Å². The third-order valence-electron chi connectivity index (χ3n) is 3.10. The van der Waals surface area contributed by atoms with Crippen molar-refractivity contribution < 1.29 is 0 Å². The minimum atomic E-state index is 0.654. The van der Waals surface area contributed by atoms with Gasteiger partial charge in [0.2, 0.25) is 5.13 Å². The zero-order chi connectivity index (χ0) is 10.7. The lowest BCUT2D eigenvalue weighted by Crippen LogP contribution is -2.30. The van der Waals surface area contributed by atoms with Crippen LogP contribution in [0, 0.1) is 3.95 Å². The molecule has 0 saturated heterocycles. The van der Waals surface area contributed by atoms with Crippen molar-refractivity contribution >= 4 is 28.7 Å². The Balaban J connectivity index is 2.05. The van der Waals surface area contributed by atoms with Crippen molar-refractivity contribution in [1.82, 2.24) is 10.2 Å². The summed E-state index contributed by atoms with van der Waals surface area (Å²) in [5, 5.41) is 8.12. The minimum Gasteiger partial charge on any atom is -0.347 e. The van der Waals surface area contributed by atoms with Crippen LogP contribution in [0.5, 0.6) is 0 Å². The van der Waals surface area contributed by atoms with Crippen LogP contribution in [0.2, 0.25) is 0 Å². The normalized spacial score (nSPS) is 18.7. The molecule has 0 aromatic carbocycles. The highest BCUT2D eigenvalue weighted by atomic mass is 32.1. The first-order valence-electron chi connectivity index (χ1n) is 5.56. The van der Waals surface area contributed by atoms with Gasteiger partial charge in [-0.25, -0.2) is 0 Å². The first kappa shape index (κ1) is 11.1. The Labute approximate surface area is 99.5 Å². The third kappa shape index (κ3) is 2.78. The molecule has 1 N–H and O–H groups in total. The van der Waals surface area contributed by atoms with Gasteiger partial charge in [0, 0.05) is 13.1 Å².